The van der Waals surface area contributed by atoms with Gasteiger partial charge in [0.25, 0.3) is 0 Å². The topological polar surface area (TPSA) is 39.2 Å². The van der Waals surface area contributed by atoms with Gasteiger partial charge in [-0.1, -0.05) is 6.92 Å². The molecule has 2 atom stereocenters. The smallest absolute Gasteiger partial charge is 0.340 e. The van der Waals surface area contributed by atoms with Crippen molar-refractivity contribution in [2.45, 2.75) is 25.9 Å². The molecule has 13 heavy (non-hydrogen) atoms. The Kier molecular flexibility index (Phi) is 1.79. The number of hydrogen-bond donors (Lipinski definition) is 0. The van der Waals surface area contributed by atoms with Gasteiger partial charge < -0.3 is 4.74 Å². The Morgan fingerprint density at radius 1 is 1.46 bits per heavy atom. The zero-order valence-corrected chi connectivity index (χ0v) is 7.65. The Morgan fingerprint density at radius 3 is 3.00 bits per heavy atom. The number of rotatable bonds is 0. The lowest BCUT2D eigenvalue weighted by Crippen LogP contribution is -2.29. The van der Waals surface area contributed by atoms with Crippen molar-refractivity contribution in [1.29, 1.82) is 0 Å². The molecule has 0 unspecified atom stereocenters. The standard InChI is InChI=1S/C10H11NO2/c1-6-7(2)13-10(12)8-4-3-5-11-9(6)8/h3-7H,1-2H3/t6-,7+/m0/s1. The highest BCUT2D eigenvalue weighted by Crippen LogP contribution is 2.28. The zero-order valence-electron chi connectivity index (χ0n) is 7.65. The second kappa shape index (κ2) is 2.83. The number of ether oxygens (including phenoxy) is 1. The van der Waals surface area contributed by atoms with Gasteiger partial charge >= 0.3 is 5.97 Å². The Hall–Kier alpha value is -1.38. The molecule has 0 N–H and O–H groups in total. The zero-order chi connectivity index (χ0) is 9.42. The molecule has 0 spiro atoms. The molecule has 0 fully saturated rings. The third kappa shape index (κ3) is 1.20. The van der Waals surface area contributed by atoms with E-state index in [1.165, 1.54) is 0 Å². The van der Waals surface area contributed by atoms with Crippen LogP contribution in [0.25, 0.3) is 0 Å². The van der Waals surface area contributed by atoms with Crippen LogP contribution in [-0.4, -0.2) is 17.1 Å². The summed E-state index contributed by atoms with van der Waals surface area (Å²) in [5.74, 6) is -0.0670. The van der Waals surface area contributed by atoms with E-state index in [-0.39, 0.29) is 18.0 Å². The van der Waals surface area contributed by atoms with Crippen molar-refractivity contribution in [1.82, 2.24) is 4.98 Å². The van der Waals surface area contributed by atoms with E-state index in [0.29, 0.717) is 5.56 Å². The van der Waals surface area contributed by atoms with E-state index in [1.807, 2.05) is 13.8 Å². The minimum atomic E-state index is -0.256. The van der Waals surface area contributed by atoms with Crippen molar-refractivity contribution in [2.24, 2.45) is 0 Å². The summed E-state index contributed by atoms with van der Waals surface area (Å²) in [6, 6.07) is 3.51. The van der Waals surface area contributed by atoms with Crippen molar-refractivity contribution in [3.05, 3.63) is 29.6 Å². The van der Waals surface area contributed by atoms with E-state index in [1.54, 1.807) is 18.3 Å². The predicted molar refractivity (Wildman–Crippen MR) is 47.5 cm³/mol. The quantitative estimate of drug-likeness (QED) is 0.566. The van der Waals surface area contributed by atoms with Gasteiger partial charge in [-0.25, -0.2) is 4.79 Å². The SMILES string of the molecule is C[C@@H]1c2ncccc2C(=O)O[C@@H]1C. The molecule has 1 aromatic heterocycles. The fourth-order valence-electron chi connectivity index (χ4n) is 1.51. The molecular weight excluding hydrogens is 166 g/mol. The Labute approximate surface area is 76.7 Å². The fourth-order valence-corrected chi connectivity index (χ4v) is 1.51. The van der Waals surface area contributed by atoms with Crippen molar-refractivity contribution in [3.63, 3.8) is 0 Å². The highest BCUT2D eigenvalue weighted by Gasteiger charge is 2.30. The minimum absolute atomic E-state index is 0.0742. The average Bonchev–Trinajstić information content (AvgIpc) is 2.15. The van der Waals surface area contributed by atoms with Crippen molar-refractivity contribution in [2.75, 3.05) is 0 Å². The summed E-state index contributed by atoms with van der Waals surface area (Å²) in [6.07, 6.45) is 1.63. The highest BCUT2D eigenvalue weighted by atomic mass is 16.5. The number of nitrogens with zero attached hydrogens (tertiary/aromatic N) is 1. The summed E-state index contributed by atoms with van der Waals surface area (Å²) in [7, 11) is 0. The van der Waals surface area contributed by atoms with Crippen LogP contribution >= 0.6 is 0 Å². The maximum absolute atomic E-state index is 11.4. The number of cyclic esters (lactones) is 1. The lowest BCUT2D eigenvalue weighted by molar-refractivity contribution is 0.0235. The van der Waals surface area contributed by atoms with Crippen molar-refractivity contribution >= 4 is 5.97 Å². The first kappa shape index (κ1) is 8.23. The van der Waals surface area contributed by atoms with Gasteiger partial charge in [0.15, 0.2) is 0 Å². The van der Waals surface area contributed by atoms with Gasteiger partial charge in [-0.3, -0.25) is 4.98 Å². The summed E-state index contributed by atoms with van der Waals surface area (Å²) in [4.78, 5) is 15.6. The van der Waals surface area contributed by atoms with E-state index < -0.39 is 0 Å². The monoisotopic (exact) mass is 177 g/mol. The number of carbonyl (C=O) groups excluding carboxylic acids is 1. The van der Waals surface area contributed by atoms with Crippen LogP contribution in [0.15, 0.2) is 18.3 Å². The number of fused-ring (bicyclic) bond motifs is 1. The third-order valence-corrected chi connectivity index (χ3v) is 2.49. The van der Waals surface area contributed by atoms with Crippen LogP contribution in [0, 0.1) is 0 Å². The maximum atomic E-state index is 11.4. The molecule has 0 aromatic carbocycles. The largest absolute Gasteiger partial charge is 0.458 e. The summed E-state index contributed by atoms with van der Waals surface area (Å²) < 4.78 is 5.15. The van der Waals surface area contributed by atoms with Gasteiger partial charge in [-0.05, 0) is 19.1 Å². The molecule has 3 heteroatoms. The molecule has 1 aliphatic heterocycles. The molecule has 3 nitrogen and oxygen atoms in total. The fraction of sp³-hybridized carbons (Fsp3) is 0.400. The normalized spacial score (nSPS) is 26.5. The number of aromatic nitrogens is 1. The van der Waals surface area contributed by atoms with Crippen LogP contribution in [0.3, 0.4) is 0 Å². The van der Waals surface area contributed by atoms with Crippen molar-refractivity contribution in [3.8, 4) is 0 Å². The van der Waals surface area contributed by atoms with E-state index >= 15 is 0 Å². The second-order valence-electron chi connectivity index (χ2n) is 3.34. The molecule has 0 bridgehead atoms. The molecular formula is C10H11NO2. The van der Waals surface area contributed by atoms with Gasteiger partial charge in [0.05, 0.1) is 11.3 Å². The van der Waals surface area contributed by atoms with Gasteiger partial charge in [-0.2, -0.15) is 0 Å². The van der Waals surface area contributed by atoms with Gasteiger partial charge in [0, 0.05) is 12.1 Å². The summed E-state index contributed by atoms with van der Waals surface area (Å²) in [6.45, 7) is 3.91. The lowest BCUT2D eigenvalue weighted by atomic mass is 9.94. The third-order valence-electron chi connectivity index (χ3n) is 2.49. The minimum Gasteiger partial charge on any atom is -0.458 e. The van der Waals surface area contributed by atoms with Crippen LogP contribution in [0.2, 0.25) is 0 Å². The Balaban J connectivity index is 2.53. The average molecular weight is 177 g/mol. The van der Waals surface area contributed by atoms with E-state index in [9.17, 15) is 4.79 Å². The van der Waals surface area contributed by atoms with Crippen LogP contribution in [0.4, 0.5) is 0 Å². The molecule has 1 aromatic rings. The van der Waals surface area contributed by atoms with Crippen molar-refractivity contribution < 1.29 is 9.53 Å². The first-order chi connectivity index (χ1) is 6.20. The first-order valence-corrected chi connectivity index (χ1v) is 4.36. The molecule has 0 saturated heterocycles. The molecule has 2 rings (SSSR count). The van der Waals surface area contributed by atoms with Gasteiger partial charge in [0.2, 0.25) is 0 Å². The van der Waals surface area contributed by atoms with Crippen LogP contribution in [0.1, 0.15) is 35.8 Å². The van der Waals surface area contributed by atoms with Gasteiger partial charge in [-0.15, -0.1) is 0 Å². The molecule has 68 valence electrons. The Morgan fingerprint density at radius 2 is 2.23 bits per heavy atom. The second-order valence-corrected chi connectivity index (χ2v) is 3.34. The first-order valence-electron chi connectivity index (χ1n) is 4.36. The molecule has 1 aliphatic rings. The van der Waals surface area contributed by atoms with Crippen LogP contribution in [0.5, 0.6) is 0 Å². The molecule has 0 amide bonds. The number of pyridine rings is 1. The summed E-state index contributed by atoms with van der Waals surface area (Å²) in [5, 5.41) is 0. The Bertz CT molecular complexity index is 349. The lowest BCUT2D eigenvalue weighted by Gasteiger charge is -2.26. The van der Waals surface area contributed by atoms with Crippen LogP contribution < -0.4 is 0 Å². The number of esters is 1. The number of carbonyl (C=O) groups is 1. The molecule has 2 heterocycles. The highest BCUT2D eigenvalue weighted by molar-refractivity contribution is 5.91. The maximum Gasteiger partial charge on any atom is 0.340 e. The molecule has 0 aliphatic carbocycles. The van der Waals surface area contributed by atoms with E-state index in [4.69, 9.17) is 4.74 Å². The molecule has 0 radical (unpaired) electrons. The van der Waals surface area contributed by atoms with Gasteiger partial charge in [0.1, 0.15) is 6.10 Å². The van der Waals surface area contributed by atoms with E-state index in [2.05, 4.69) is 4.98 Å². The summed E-state index contributed by atoms with van der Waals surface area (Å²) >= 11 is 0. The predicted octanol–water partition coefficient (Wildman–Crippen LogP) is 1.74. The summed E-state index contributed by atoms with van der Waals surface area (Å²) in [5.41, 5.74) is 1.46. The van der Waals surface area contributed by atoms with Crippen LogP contribution in [-0.2, 0) is 4.74 Å². The number of hydrogen-bond acceptors (Lipinski definition) is 3. The van der Waals surface area contributed by atoms with E-state index in [0.717, 1.165) is 5.69 Å². The molecule has 0 saturated carbocycles.